The lowest BCUT2D eigenvalue weighted by Gasteiger charge is -2.33. The van der Waals surface area contributed by atoms with Crippen LogP contribution in [0.4, 0.5) is 13.2 Å². The van der Waals surface area contributed by atoms with Gasteiger partial charge in [0.15, 0.2) is 5.54 Å². The summed E-state index contributed by atoms with van der Waals surface area (Å²) in [6.45, 7) is -0.0674. The van der Waals surface area contributed by atoms with E-state index in [0.717, 1.165) is 6.07 Å². The average molecular weight is 356 g/mol. The highest BCUT2D eigenvalue weighted by Crippen LogP contribution is 2.41. The van der Waals surface area contributed by atoms with Crippen molar-refractivity contribution >= 4 is 17.6 Å². The summed E-state index contributed by atoms with van der Waals surface area (Å²) in [6, 6.07) is 5.16. The topological polar surface area (TPSA) is 60.5 Å². The van der Waals surface area contributed by atoms with Crippen LogP contribution in [0.15, 0.2) is 41.7 Å². The van der Waals surface area contributed by atoms with E-state index in [2.05, 4.69) is 9.98 Å². The molecule has 2 heterocycles. The van der Waals surface area contributed by atoms with Crippen LogP contribution in [0, 0.1) is 5.82 Å². The van der Waals surface area contributed by atoms with E-state index in [9.17, 15) is 13.2 Å². The first-order valence-electron chi connectivity index (χ1n) is 7.09. The smallest absolute Gasteiger partial charge is 0.283 e. The maximum absolute atomic E-state index is 14.4. The molecule has 3 rings (SSSR count). The summed E-state index contributed by atoms with van der Waals surface area (Å²) in [5.74, 6) is -0.785. The molecule has 2 aromatic rings. The fourth-order valence-corrected chi connectivity index (χ4v) is 2.85. The fourth-order valence-electron chi connectivity index (χ4n) is 2.67. The Bertz CT molecular complexity index is 800. The number of nitrogens with two attached hydrogens (primary N) is 1. The standard InChI is InChI=1S/C16H13ClF3N3O/c17-11-5-10(7-22-8-11)9-1-2-13(18)12(6-9)16(14(19)20)3-4-24-15(21)23-16/h1-2,5-8,14H,3-4H2,(H2,21,23). The van der Waals surface area contributed by atoms with Crippen LogP contribution in [0.1, 0.15) is 12.0 Å². The Labute approximate surface area is 141 Å². The van der Waals surface area contributed by atoms with Gasteiger partial charge >= 0.3 is 0 Å². The molecule has 0 amide bonds. The van der Waals surface area contributed by atoms with E-state index in [4.69, 9.17) is 22.1 Å². The van der Waals surface area contributed by atoms with Crippen molar-refractivity contribution in [3.8, 4) is 11.1 Å². The molecule has 1 aliphatic heterocycles. The Morgan fingerprint density at radius 3 is 2.67 bits per heavy atom. The molecule has 0 radical (unpaired) electrons. The summed E-state index contributed by atoms with van der Waals surface area (Å²) in [5.41, 5.74) is 4.22. The van der Waals surface area contributed by atoms with Crippen molar-refractivity contribution < 1.29 is 17.9 Å². The second kappa shape index (κ2) is 6.32. The maximum atomic E-state index is 14.4. The molecule has 1 atom stereocenters. The van der Waals surface area contributed by atoms with Crippen molar-refractivity contribution in [1.82, 2.24) is 4.98 Å². The first-order valence-corrected chi connectivity index (χ1v) is 7.47. The zero-order valence-corrected chi connectivity index (χ0v) is 13.1. The number of hydrogen-bond acceptors (Lipinski definition) is 4. The highest BCUT2D eigenvalue weighted by molar-refractivity contribution is 6.30. The lowest BCUT2D eigenvalue weighted by Crippen LogP contribution is -2.41. The van der Waals surface area contributed by atoms with Crippen molar-refractivity contribution in [1.29, 1.82) is 0 Å². The largest absolute Gasteiger partial charge is 0.465 e. The molecular formula is C16H13ClF3N3O. The molecule has 2 N–H and O–H groups in total. The number of ether oxygens (including phenoxy) is 1. The summed E-state index contributed by atoms with van der Waals surface area (Å²) in [5, 5.41) is 0.385. The van der Waals surface area contributed by atoms with E-state index in [1.54, 1.807) is 6.07 Å². The first-order chi connectivity index (χ1) is 11.4. The zero-order chi connectivity index (χ0) is 17.3. The number of pyridine rings is 1. The molecule has 0 spiro atoms. The molecule has 0 fully saturated rings. The van der Waals surface area contributed by atoms with Gasteiger partial charge in [0.25, 0.3) is 12.4 Å². The molecular weight excluding hydrogens is 343 g/mol. The summed E-state index contributed by atoms with van der Waals surface area (Å²) in [4.78, 5) is 7.69. The van der Waals surface area contributed by atoms with Crippen molar-refractivity contribution in [3.63, 3.8) is 0 Å². The van der Waals surface area contributed by atoms with Crippen LogP contribution in [0.2, 0.25) is 5.02 Å². The number of nitrogens with zero attached hydrogens (tertiary/aromatic N) is 2. The van der Waals surface area contributed by atoms with E-state index >= 15 is 0 Å². The molecule has 1 aromatic heterocycles. The van der Waals surface area contributed by atoms with Crippen LogP contribution in [-0.2, 0) is 10.3 Å². The van der Waals surface area contributed by atoms with E-state index in [1.165, 1.54) is 24.5 Å². The Morgan fingerprint density at radius 2 is 2.00 bits per heavy atom. The molecule has 1 aliphatic rings. The summed E-state index contributed by atoms with van der Waals surface area (Å²) >= 11 is 5.90. The van der Waals surface area contributed by atoms with Crippen molar-refractivity contribution in [2.75, 3.05) is 6.61 Å². The highest BCUT2D eigenvalue weighted by atomic mass is 35.5. The van der Waals surface area contributed by atoms with Gasteiger partial charge in [0.2, 0.25) is 0 Å². The monoisotopic (exact) mass is 355 g/mol. The van der Waals surface area contributed by atoms with Crippen LogP contribution in [-0.4, -0.2) is 24.0 Å². The van der Waals surface area contributed by atoms with Crippen LogP contribution >= 0.6 is 11.6 Å². The third-order valence-electron chi connectivity index (χ3n) is 3.87. The summed E-state index contributed by atoms with van der Waals surface area (Å²) in [6.07, 6.45) is -0.166. The minimum absolute atomic E-state index is 0.0674. The van der Waals surface area contributed by atoms with Crippen LogP contribution in [0.25, 0.3) is 11.1 Å². The molecule has 8 heteroatoms. The number of aliphatic imine (C=N–C) groups is 1. The van der Waals surface area contributed by atoms with Gasteiger partial charge in [-0.25, -0.2) is 18.2 Å². The molecule has 0 bridgehead atoms. The predicted molar refractivity (Wildman–Crippen MR) is 84.5 cm³/mol. The second-order valence-corrected chi connectivity index (χ2v) is 5.80. The normalized spacial score (nSPS) is 20.6. The van der Waals surface area contributed by atoms with Crippen LogP contribution < -0.4 is 5.73 Å². The third kappa shape index (κ3) is 2.91. The zero-order valence-electron chi connectivity index (χ0n) is 12.3. The minimum atomic E-state index is -2.94. The van der Waals surface area contributed by atoms with Crippen molar-refractivity contribution in [2.45, 2.75) is 18.4 Å². The Kier molecular flexibility index (Phi) is 4.36. The van der Waals surface area contributed by atoms with Gasteiger partial charge < -0.3 is 10.5 Å². The van der Waals surface area contributed by atoms with Gasteiger partial charge in [-0.3, -0.25) is 4.98 Å². The first kappa shape index (κ1) is 16.6. The molecule has 1 unspecified atom stereocenters. The lowest BCUT2D eigenvalue weighted by atomic mass is 9.85. The van der Waals surface area contributed by atoms with Crippen LogP contribution in [0.5, 0.6) is 0 Å². The number of aromatic nitrogens is 1. The Morgan fingerprint density at radius 1 is 1.21 bits per heavy atom. The van der Waals surface area contributed by atoms with E-state index in [1.807, 2.05) is 0 Å². The number of alkyl halides is 2. The van der Waals surface area contributed by atoms with Gasteiger partial charge in [-0.15, -0.1) is 0 Å². The fraction of sp³-hybridized carbons (Fsp3) is 0.250. The lowest BCUT2D eigenvalue weighted by molar-refractivity contribution is 0.0247. The van der Waals surface area contributed by atoms with Gasteiger partial charge in [-0.1, -0.05) is 17.7 Å². The second-order valence-electron chi connectivity index (χ2n) is 5.36. The van der Waals surface area contributed by atoms with Gasteiger partial charge in [-0.05, 0) is 23.8 Å². The summed E-state index contributed by atoms with van der Waals surface area (Å²) in [7, 11) is 0. The molecule has 0 aliphatic carbocycles. The molecule has 4 nitrogen and oxygen atoms in total. The Hall–Kier alpha value is -2.28. The quantitative estimate of drug-likeness (QED) is 0.912. The number of benzene rings is 1. The number of rotatable bonds is 3. The molecule has 126 valence electrons. The average Bonchev–Trinajstić information content (AvgIpc) is 2.55. The van der Waals surface area contributed by atoms with Gasteiger partial charge in [0.1, 0.15) is 5.82 Å². The predicted octanol–water partition coefficient (Wildman–Crippen LogP) is 3.74. The third-order valence-corrected chi connectivity index (χ3v) is 4.08. The Balaban J connectivity index is 2.16. The van der Waals surface area contributed by atoms with Crippen LogP contribution in [0.3, 0.4) is 0 Å². The molecule has 24 heavy (non-hydrogen) atoms. The SMILES string of the molecule is NC1=NC(c2cc(-c3cncc(Cl)c3)ccc2F)(C(F)F)CCO1. The molecule has 1 aromatic carbocycles. The van der Waals surface area contributed by atoms with Crippen molar-refractivity contribution in [3.05, 3.63) is 53.1 Å². The number of hydrogen-bond donors (Lipinski definition) is 1. The van der Waals surface area contributed by atoms with E-state index < -0.39 is 17.8 Å². The number of halogens is 4. The molecule has 0 saturated carbocycles. The van der Waals surface area contributed by atoms with Gasteiger partial charge in [0.05, 0.1) is 11.6 Å². The van der Waals surface area contributed by atoms with Gasteiger partial charge in [-0.2, -0.15) is 0 Å². The highest BCUT2D eigenvalue weighted by Gasteiger charge is 2.46. The summed E-state index contributed by atoms with van der Waals surface area (Å²) < 4.78 is 46.9. The van der Waals surface area contributed by atoms with Crippen molar-refractivity contribution in [2.24, 2.45) is 10.7 Å². The molecule has 0 saturated heterocycles. The van der Waals surface area contributed by atoms with Gasteiger partial charge in [0, 0.05) is 29.9 Å². The maximum Gasteiger partial charge on any atom is 0.283 e. The number of amidine groups is 1. The van der Waals surface area contributed by atoms with E-state index in [0.29, 0.717) is 16.1 Å². The van der Waals surface area contributed by atoms with E-state index in [-0.39, 0.29) is 24.6 Å². The minimum Gasteiger partial charge on any atom is -0.465 e.